The lowest BCUT2D eigenvalue weighted by atomic mass is 9.82. The van der Waals surface area contributed by atoms with E-state index >= 15 is 0 Å². The molecule has 0 radical (unpaired) electrons. The van der Waals surface area contributed by atoms with Crippen molar-refractivity contribution in [3.63, 3.8) is 0 Å². The summed E-state index contributed by atoms with van der Waals surface area (Å²) in [6.45, 7) is 8.37. The highest BCUT2D eigenvalue weighted by atomic mass is 16.4. The van der Waals surface area contributed by atoms with E-state index < -0.39 is 5.97 Å². The van der Waals surface area contributed by atoms with E-state index in [0.717, 1.165) is 25.2 Å². The highest BCUT2D eigenvalue weighted by molar-refractivity contribution is 5.72. The molecular formula is C13H14N4O2. The highest BCUT2D eigenvalue weighted by Gasteiger charge is 2.55. The zero-order chi connectivity index (χ0) is 13.5. The molecule has 1 atom stereocenters. The summed E-state index contributed by atoms with van der Waals surface area (Å²) in [6, 6.07) is 1.67. The van der Waals surface area contributed by atoms with Crippen LogP contribution in [0.5, 0.6) is 0 Å². The van der Waals surface area contributed by atoms with Gasteiger partial charge in [0.2, 0.25) is 6.33 Å². The molecule has 1 saturated heterocycles. The van der Waals surface area contributed by atoms with Crippen molar-refractivity contribution in [3.8, 4) is 0 Å². The lowest BCUT2D eigenvalue weighted by Crippen LogP contribution is -2.45. The summed E-state index contributed by atoms with van der Waals surface area (Å²) in [6.07, 6.45) is 3.99. The minimum Gasteiger partial charge on any atom is -0.481 e. The Balaban J connectivity index is 1.82. The fourth-order valence-electron chi connectivity index (χ4n) is 2.98. The van der Waals surface area contributed by atoms with Crippen molar-refractivity contribution in [1.29, 1.82) is 0 Å². The maximum absolute atomic E-state index is 11.3. The molecule has 6 nitrogen and oxygen atoms in total. The van der Waals surface area contributed by atoms with Crippen LogP contribution in [0.25, 0.3) is 4.85 Å². The molecule has 2 heterocycles. The number of aromatic nitrogens is 2. The molecule has 0 amide bonds. The number of aliphatic carboxylic acids is 1. The summed E-state index contributed by atoms with van der Waals surface area (Å²) in [7, 11) is 0. The molecule has 1 spiro atoms. The van der Waals surface area contributed by atoms with Crippen LogP contribution < -0.4 is 4.90 Å². The van der Waals surface area contributed by atoms with Gasteiger partial charge < -0.3 is 14.9 Å². The monoisotopic (exact) mass is 258 g/mol. The van der Waals surface area contributed by atoms with E-state index in [0.29, 0.717) is 18.8 Å². The number of carbonyl (C=O) groups is 1. The summed E-state index contributed by atoms with van der Waals surface area (Å²) in [5.74, 6) is 0.152. The molecule has 1 aliphatic carbocycles. The maximum Gasteiger partial charge on any atom is 0.307 e. The van der Waals surface area contributed by atoms with Crippen molar-refractivity contribution in [2.24, 2.45) is 11.3 Å². The van der Waals surface area contributed by atoms with Gasteiger partial charge in [-0.25, -0.2) is 0 Å². The molecule has 2 fully saturated rings. The van der Waals surface area contributed by atoms with Gasteiger partial charge in [0.05, 0.1) is 5.92 Å². The Morgan fingerprint density at radius 3 is 2.95 bits per heavy atom. The van der Waals surface area contributed by atoms with Crippen LogP contribution in [-0.2, 0) is 4.79 Å². The Labute approximate surface area is 110 Å². The molecule has 2 aliphatic rings. The second-order valence-corrected chi connectivity index (χ2v) is 5.31. The standard InChI is InChI=1S/C13H14N4O2/c1-14-10-6-11(16-8-15-10)17-5-2-9(12(18)19)13(7-17)3-4-13/h6,8-9H,2-5,7H2,(H,18,19). The Morgan fingerprint density at radius 2 is 2.32 bits per heavy atom. The number of nitrogens with zero attached hydrogens (tertiary/aromatic N) is 4. The Kier molecular flexibility index (Phi) is 2.63. The van der Waals surface area contributed by atoms with Crippen LogP contribution in [0.1, 0.15) is 19.3 Å². The number of hydrogen-bond acceptors (Lipinski definition) is 4. The van der Waals surface area contributed by atoms with Crippen LogP contribution >= 0.6 is 0 Å². The quantitative estimate of drug-likeness (QED) is 0.818. The number of anilines is 1. The highest BCUT2D eigenvalue weighted by Crippen LogP contribution is 2.56. The average molecular weight is 258 g/mol. The first kappa shape index (κ1) is 11.9. The van der Waals surface area contributed by atoms with Crippen molar-refractivity contribution >= 4 is 17.6 Å². The van der Waals surface area contributed by atoms with Crippen LogP contribution in [-0.4, -0.2) is 34.1 Å². The van der Waals surface area contributed by atoms with Crippen LogP contribution in [0.3, 0.4) is 0 Å². The smallest absolute Gasteiger partial charge is 0.307 e. The van der Waals surface area contributed by atoms with Gasteiger partial charge in [-0.15, -0.1) is 4.98 Å². The van der Waals surface area contributed by atoms with E-state index in [1.165, 1.54) is 6.33 Å². The van der Waals surface area contributed by atoms with Gasteiger partial charge in [-0.05, 0) is 19.3 Å². The summed E-state index contributed by atoms with van der Waals surface area (Å²) < 4.78 is 0. The van der Waals surface area contributed by atoms with Crippen molar-refractivity contribution in [3.05, 3.63) is 23.8 Å². The number of piperidine rings is 1. The molecular weight excluding hydrogens is 244 g/mol. The van der Waals surface area contributed by atoms with Gasteiger partial charge in [-0.1, -0.05) is 6.57 Å². The molecule has 1 aromatic rings. The lowest BCUT2D eigenvalue weighted by molar-refractivity contribution is -0.144. The molecule has 19 heavy (non-hydrogen) atoms. The zero-order valence-corrected chi connectivity index (χ0v) is 10.4. The van der Waals surface area contributed by atoms with Gasteiger partial charge in [-0.3, -0.25) is 4.79 Å². The molecule has 1 N–H and O–H groups in total. The summed E-state index contributed by atoms with van der Waals surface area (Å²) in [4.78, 5) is 24.7. The van der Waals surface area contributed by atoms with E-state index in [2.05, 4.69) is 19.7 Å². The normalized spacial score (nSPS) is 23.9. The van der Waals surface area contributed by atoms with Crippen molar-refractivity contribution in [2.75, 3.05) is 18.0 Å². The van der Waals surface area contributed by atoms with Crippen molar-refractivity contribution in [1.82, 2.24) is 9.97 Å². The molecule has 98 valence electrons. The van der Waals surface area contributed by atoms with Crippen LogP contribution in [0, 0.1) is 17.9 Å². The Hall–Kier alpha value is -2.16. The van der Waals surface area contributed by atoms with E-state index in [1.54, 1.807) is 6.07 Å². The Morgan fingerprint density at radius 1 is 1.53 bits per heavy atom. The van der Waals surface area contributed by atoms with Crippen molar-refractivity contribution < 1.29 is 9.90 Å². The predicted molar refractivity (Wildman–Crippen MR) is 67.9 cm³/mol. The van der Waals surface area contributed by atoms with Gasteiger partial charge in [0, 0.05) is 24.6 Å². The van der Waals surface area contributed by atoms with Crippen LogP contribution in [0.15, 0.2) is 12.4 Å². The molecule has 0 aromatic carbocycles. The van der Waals surface area contributed by atoms with Gasteiger partial charge in [0.1, 0.15) is 5.82 Å². The topological polar surface area (TPSA) is 70.7 Å². The molecule has 0 bridgehead atoms. The fourth-order valence-corrected chi connectivity index (χ4v) is 2.98. The first-order chi connectivity index (χ1) is 9.14. The molecule has 1 saturated carbocycles. The number of hydrogen-bond donors (Lipinski definition) is 1. The SMILES string of the molecule is [C-]#[N+]c1cc(N2CCC(C(=O)O)C3(CC3)C2)ncn1. The van der Waals surface area contributed by atoms with Crippen LogP contribution in [0.4, 0.5) is 11.6 Å². The van der Waals surface area contributed by atoms with E-state index in [4.69, 9.17) is 6.57 Å². The van der Waals surface area contributed by atoms with Gasteiger partial charge in [-0.2, -0.15) is 4.98 Å². The number of carboxylic acids is 1. The Bertz CT molecular complexity index is 562. The third-order valence-electron chi connectivity index (χ3n) is 4.20. The zero-order valence-electron chi connectivity index (χ0n) is 10.4. The summed E-state index contributed by atoms with van der Waals surface area (Å²) >= 11 is 0. The van der Waals surface area contributed by atoms with Crippen molar-refractivity contribution in [2.45, 2.75) is 19.3 Å². The third kappa shape index (κ3) is 2.01. The van der Waals surface area contributed by atoms with Gasteiger partial charge in [0.25, 0.3) is 5.82 Å². The predicted octanol–water partition coefficient (Wildman–Crippen LogP) is 1.72. The summed E-state index contributed by atoms with van der Waals surface area (Å²) in [5.41, 5.74) is -0.0761. The molecule has 1 aliphatic heterocycles. The van der Waals surface area contributed by atoms with Crippen LogP contribution in [0.2, 0.25) is 0 Å². The lowest BCUT2D eigenvalue weighted by Gasteiger charge is -2.37. The number of rotatable bonds is 2. The minimum atomic E-state index is -0.679. The van der Waals surface area contributed by atoms with Gasteiger partial charge >= 0.3 is 5.97 Å². The maximum atomic E-state index is 11.3. The first-order valence-corrected chi connectivity index (χ1v) is 6.32. The summed E-state index contributed by atoms with van der Waals surface area (Å²) in [5, 5.41) is 9.27. The van der Waals surface area contributed by atoms with Gasteiger partial charge in [0.15, 0.2) is 0 Å². The molecule has 1 aromatic heterocycles. The number of carboxylic acid groups (broad SMARTS) is 1. The molecule has 3 rings (SSSR count). The molecule has 1 unspecified atom stereocenters. The third-order valence-corrected chi connectivity index (χ3v) is 4.20. The fraction of sp³-hybridized carbons (Fsp3) is 0.538. The molecule has 6 heteroatoms. The van der Waals surface area contributed by atoms with E-state index in [-0.39, 0.29) is 11.3 Å². The average Bonchev–Trinajstić information content (AvgIpc) is 3.18. The first-order valence-electron chi connectivity index (χ1n) is 6.32. The van der Waals surface area contributed by atoms with E-state index in [1.807, 2.05) is 0 Å². The second-order valence-electron chi connectivity index (χ2n) is 5.31. The van der Waals surface area contributed by atoms with E-state index in [9.17, 15) is 9.90 Å². The minimum absolute atomic E-state index is 0.0761. The largest absolute Gasteiger partial charge is 0.481 e. The second kappa shape index (κ2) is 4.19.